The van der Waals surface area contributed by atoms with E-state index in [1.54, 1.807) is 12.3 Å². The lowest BCUT2D eigenvalue weighted by Crippen LogP contribution is -2.07. The number of methoxy groups -OCH3 is 2. The Kier molecular flexibility index (Phi) is 7.49. The number of nitrogens with two attached hydrogens (primary N) is 1. The Balaban J connectivity index is 0.000000583. The number of hydrogen-bond acceptors (Lipinski definition) is 5. The van der Waals surface area contributed by atoms with Crippen LogP contribution in [0, 0.1) is 0 Å². The van der Waals surface area contributed by atoms with E-state index in [4.69, 9.17) is 15.2 Å². The zero-order valence-electron chi connectivity index (χ0n) is 9.73. The molecule has 5 nitrogen and oxygen atoms in total. The molecular formula is C10H19N3O2. The van der Waals surface area contributed by atoms with Crippen molar-refractivity contribution >= 4 is 5.95 Å². The monoisotopic (exact) mass is 213 g/mol. The molecule has 0 radical (unpaired) electrons. The summed E-state index contributed by atoms with van der Waals surface area (Å²) >= 11 is 0. The summed E-state index contributed by atoms with van der Waals surface area (Å²) in [5.41, 5.74) is 5.99. The zero-order valence-corrected chi connectivity index (χ0v) is 9.73. The second-order valence-corrected chi connectivity index (χ2v) is 2.85. The van der Waals surface area contributed by atoms with Gasteiger partial charge in [-0.2, -0.15) is 0 Å². The Bertz CT molecular complexity index is 265. The lowest BCUT2D eigenvalue weighted by Gasteiger charge is -2.11. The molecule has 2 N–H and O–H groups in total. The molecule has 1 aromatic rings. The number of aromatic nitrogens is 2. The van der Waals surface area contributed by atoms with E-state index >= 15 is 0 Å². The highest BCUT2D eigenvalue weighted by molar-refractivity contribution is 5.17. The minimum Gasteiger partial charge on any atom is -0.368 e. The topological polar surface area (TPSA) is 70.3 Å². The maximum atomic E-state index is 5.37. The molecule has 0 aliphatic rings. The van der Waals surface area contributed by atoms with Crippen LogP contribution in [0.2, 0.25) is 0 Å². The van der Waals surface area contributed by atoms with Crippen LogP contribution < -0.4 is 5.73 Å². The standard InChI is InChI=1S/C7H11N3O2.C3H8/c1-11-6(12-2)5-3-4-9-7(8)10-5;1-3-2/h3-4,6H,1-2H3,(H2,8,9,10);3H2,1-2H3. The summed E-state index contributed by atoms with van der Waals surface area (Å²) in [5.74, 6) is 0.214. The Morgan fingerprint density at radius 2 is 1.87 bits per heavy atom. The number of hydrogen-bond donors (Lipinski definition) is 1. The molecule has 0 saturated heterocycles. The summed E-state index contributed by atoms with van der Waals surface area (Å²) in [6, 6.07) is 1.69. The van der Waals surface area contributed by atoms with Crippen LogP contribution in [0.25, 0.3) is 0 Å². The van der Waals surface area contributed by atoms with E-state index in [9.17, 15) is 0 Å². The summed E-state index contributed by atoms with van der Waals surface area (Å²) in [6.07, 6.45) is 2.33. The van der Waals surface area contributed by atoms with Crippen molar-refractivity contribution in [2.75, 3.05) is 20.0 Å². The first-order chi connectivity index (χ1) is 7.19. The van der Waals surface area contributed by atoms with E-state index in [1.807, 2.05) is 0 Å². The van der Waals surface area contributed by atoms with Crippen molar-refractivity contribution in [3.63, 3.8) is 0 Å². The minimum absolute atomic E-state index is 0.214. The Hall–Kier alpha value is -1.20. The molecule has 1 heterocycles. The van der Waals surface area contributed by atoms with Gasteiger partial charge in [-0.15, -0.1) is 0 Å². The third-order valence-corrected chi connectivity index (χ3v) is 1.37. The van der Waals surface area contributed by atoms with Crippen LogP contribution >= 0.6 is 0 Å². The molecule has 15 heavy (non-hydrogen) atoms. The van der Waals surface area contributed by atoms with Crippen molar-refractivity contribution in [1.82, 2.24) is 9.97 Å². The third-order valence-electron chi connectivity index (χ3n) is 1.37. The van der Waals surface area contributed by atoms with Gasteiger partial charge in [0, 0.05) is 20.4 Å². The van der Waals surface area contributed by atoms with Gasteiger partial charge >= 0.3 is 0 Å². The first kappa shape index (κ1) is 13.8. The molecule has 0 spiro atoms. The molecule has 0 fully saturated rings. The average Bonchev–Trinajstić information content (AvgIpc) is 2.21. The molecule has 0 saturated carbocycles. The predicted molar refractivity (Wildman–Crippen MR) is 59.2 cm³/mol. The van der Waals surface area contributed by atoms with Crippen LogP contribution in [-0.2, 0) is 9.47 Å². The summed E-state index contributed by atoms with van der Waals surface area (Å²) < 4.78 is 9.94. The van der Waals surface area contributed by atoms with E-state index in [-0.39, 0.29) is 5.95 Å². The van der Waals surface area contributed by atoms with Gasteiger partial charge in [-0.05, 0) is 6.07 Å². The van der Waals surface area contributed by atoms with Crippen molar-refractivity contribution in [3.8, 4) is 0 Å². The van der Waals surface area contributed by atoms with Crippen LogP contribution in [0.3, 0.4) is 0 Å². The number of ether oxygens (including phenoxy) is 2. The van der Waals surface area contributed by atoms with E-state index in [1.165, 1.54) is 20.6 Å². The smallest absolute Gasteiger partial charge is 0.220 e. The molecule has 0 aromatic carbocycles. The van der Waals surface area contributed by atoms with E-state index in [2.05, 4.69) is 23.8 Å². The molecule has 0 aliphatic carbocycles. The molecule has 0 unspecified atom stereocenters. The highest BCUT2D eigenvalue weighted by atomic mass is 16.7. The first-order valence-electron chi connectivity index (χ1n) is 4.83. The second kappa shape index (κ2) is 8.14. The van der Waals surface area contributed by atoms with Gasteiger partial charge in [-0.3, -0.25) is 0 Å². The summed E-state index contributed by atoms with van der Waals surface area (Å²) in [6.45, 7) is 4.25. The van der Waals surface area contributed by atoms with Crippen molar-refractivity contribution < 1.29 is 9.47 Å². The third kappa shape index (κ3) is 5.29. The van der Waals surface area contributed by atoms with Gasteiger partial charge in [0.25, 0.3) is 0 Å². The molecule has 0 atom stereocenters. The normalized spacial score (nSPS) is 9.67. The summed E-state index contributed by atoms with van der Waals surface area (Å²) in [7, 11) is 3.07. The summed E-state index contributed by atoms with van der Waals surface area (Å²) in [4.78, 5) is 7.68. The number of anilines is 1. The SMILES string of the molecule is CCC.COC(OC)c1ccnc(N)n1. The quantitative estimate of drug-likeness (QED) is 0.775. The Morgan fingerprint density at radius 1 is 1.33 bits per heavy atom. The van der Waals surface area contributed by atoms with Crippen LogP contribution in [0.4, 0.5) is 5.95 Å². The molecule has 86 valence electrons. The molecule has 5 heteroatoms. The van der Waals surface area contributed by atoms with Crippen LogP contribution in [-0.4, -0.2) is 24.2 Å². The molecular weight excluding hydrogens is 194 g/mol. The zero-order chi connectivity index (χ0) is 11.7. The first-order valence-corrected chi connectivity index (χ1v) is 4.83. The fourth-order valence-corrected chi connectivity index (χ4v) is 0.857. The van der Waals surface area contributed by atoms with Crippen LogP contribution in [0.15, 0.2) is 12.3 Å². The second-order valence-electron chi connectivity index (χ2n) is 2.85. The fraction of sp³-hybridized carbons (Fsp3) is 0.600. The summed E-state index contributed by atoms with van der Waals surface area (Å²) in [5, 5.41) is 0. The maximum absolute atomic E-state index is 5.37. The van der Waals surface area contributed by atoms with Crippen LogP contribution in [0.1, 0.15) is 32.3 Å². The van der Waals surface area contributed by atoms with Crippen molar-refractivity contribution in [2.24, 2.45) is 0 Å². The van der Waals surface area contributed by atoms with Gasteiger partial charge in [-0.1, -0.05) is 20.3 Å². The lowest BCUT2D eigenvalue weighted by molar-refractivity contribution is -0.108. The van der Waals surface area contributed by atoms with Gasteiger partial charge in [0.2, 0.25) is 12.2 Å². The highest BCUT2D eigenvalue weighted by Gasteiger charge is 2.09. The largest absolute Gasteiger partial charge is 0.368 e. The van der Waals surface area contributed by atoms with E-state index < -0.39 is 6.29 Å². The molecule has 0 aliphatic heterocycles. The molecule has 1 aromatic heterocycles. The molecule has 0 amide bonds. The van der Waals surface area contributed by atoms with Gasteiger partial charge in [0.15, 0.2) is 0 Å². The highest BCUT2D eigenvalue weighted by Crippen LogP contribution is 2.13. The average molecular weight is 213 g/mol. The Morgan fingerprint density at radius 3 is 2.27 bits per heavy atom. The fourth-order valence-electron chi connectivity index (χ4n) is 0.857. The lowest BCUT2D eigenvalue weighted by atomic mass is 10.4. The number of nitrogen functional groups attached to an aromatic ring is 1. The van der Waals surface area contributed by atoms with Gasteiger partial charge in [0.05, 0.1) is 0 Å². The van der Waals surface area contributed by atoms with E-state index in [0.29, 0.717) is 5.69 Å². The number of rotatable bonds is 3. The maximum Gasteiger partial charge on any atom is 0.220 e. The van der Waals surface area contributed by atoms with Crippen molar-refractivity contribution in [1.29, 1.82) is 0 Å². The van der Waals surface area contributed by atoms with E-state index in [0.717, 1.165) is 0 Å². The molecule has 1 rings (SSSR count). The van der Waals surface area contributed by atoms with Crippen LogP contribution in [0.5, 0.6) is 0 Å². The van der Waals surface area contributed by atoms with Gasteiger partial charge < -0.3 is 15.2 Å². The molecule has 0 bridgehead atoms. The van der Waals surface area contributed by atoms with Crippen molar-refractivity contribution in [3.05, 3.63) is 18.0 Å². The predicted octanol–water partition coefficient (Wildman–Crippen LogP) is 1.77. The van der Waals surface area contributed by atoms with Gasteiger partial charge in [-0.25, -0.2) is 9.97 Å². The van der Waals surface area contributed by atoms with Crippen molar-refractivity contribution in [2.45, 2.75) is 26.6 Å². The van der Waals surface area contributed by atoms with Gasteiger partial charge in [0.1, 0.15) is 5.69 Å². The Labute approximate surface area is 90.6 Å². The minimum atomic E-state index is -0.477. The number of nitrogens with zero attached hydrogens (tertiary/aromatic N) is 2.